The molecule has 45 heavy (non-hydrogen) atoms. The Bertz CT molecular complexity index is 1690. The number of nitrogens with zero attached hydrogens (tertiary/aromatic N) is 2. The molecule has 0 radical (unpaired) electrons. The van der Waals surface area contributed by atoms with Crippen LogP contribution in [-0.2, 0) is 32.6 Å². The van der Waals surface area contributed by atoms with Gasteiger partial charge in [0, 0.05) is 30.1 Å². The fourth-order valence-electron chi connectivity index (χ4n) is 4.82. The lowest BCUT2D eigenvalue weighted by Crippen LogP contribution is -2.54. The molecule has 0 heterocycles. The molecule has 0 bridgehead atoms. The smallest absolute Gasteiger partial charge is 0.264 e. The van der Waals surface area contributed by atoms with E-state index in [4.69, 9.17) is 16.3 Å². The fraction of sp³-hybridized carbons (Fsp3) is 0.257. The van der Waals surface area contributed by atoms with Gasteiger partial charge in [0.05, 0.1) is 17.7 Å². The van der Waals surface area contributed by atoms with Crippen molar-refractivity contribution in [2.24, 2.45) is 0 Å². The highest BCUT2D eigenvalue weighted by atomic mass is 35.5. The predicted octanol–water partition coefficient (Wildman–Crippen LogP) is 6.10. The summed E-state index contributed by atoms with van der Waals surface area (Å²) in [6, 6.07) is 29.8. The number of anilines is 1. The molecule has 10 heteroatoms. The molecule has 236 valence electrons. The highest BCUT2D eigenvalue weighted by Crippen LogP contribution is 2.28. The van der Waals surface area contributed by atoms with Crippen LogP contribution in [0.2, 0.25) is 5.02 Å². The molecule has 4 aromatic rings. The van der Waals surface area contributed by atoms with Gasteiger partial charge in [-0.3, -0.25) is 13.9 Å². The molecular formula is C35H38ClN3O5S. The molecule has 4 rings (SSSR count). The number of amides is 2. The van der Waals surface area contributed by atoms with E-state index in [-0.39, 0.29) is 35.5 Å². The van der Waals surface area contributed by atoms with Gasteiger partial charge >= 0.3 is 0 Å². The van der Waals surface area contributed by atoms with Crippen LogP contribution in [0.15, 0.2) is 114 Å². The molecule has 2 unspecified atom stereocenters. The van der Waals surface area contributed by atoms with Gasteiger partial charge < -0.3 is 15.0 Å². The van der Waals surface area contributed by atoms with Crippen molar-refractivity contribution in [2.75, 3.05) is 18.0 Å². The molecule has 2 amide bonds. The van der Waals surface area contributed by atoms with Gasteiger partial charge in [0.25, 0.3) is 10.0 Å². The van der Waals surface area contributed by atoms with Gasteiger partial charge in [-0.05, 0) is 54.8 Å². The van der Waals surface area contributed by atoms with Gasteiger partial charge in [0.15, 0.2) is 0 Å². The summed E-state index contributed by atoms with van der Waals surface area (Å²) in [6.45, 7) is 3.27. The van der Waals surface area contributed by atoms with Gasteiger partial charge in [0.1, 0.15) is 18.3 Å². The van der Waals surface area contributed by atoms with Gasteiger partial charge in [-0.1, -0.05) is 91.3 Å². The van der Waals surface area contributed by atoms with Crippen molar-refractivity contribution >= 4 is 39.1 Å². The van der Waals surface area contributed by atoms with Gasteiger partial charge in [-0.15, -0.1) is 0 Å². The Balaban J connectivity index is 1.82. The average Bonchev–Trinajstić information content (AvgIpc) is 3.06. The third-order valence-electron chi connectivity index (χ3n) is 7.52. The normalized spacial score (nSPS) is 12.5. The number of benzene rings is 4. The summed E-state index contributed by atoms with van der Waals surface area (Å²) in [7, 11) is -2.73. The number of carbonyl (C=O) groups is 2. The van der Waals surface area contributed by atoms with E-state index in [9.17, 15) is 18.0 Å². The first-order valence-electron chi connectivity index (χ1n) is 14.7. The molecule has 0 aromatic heterocycles. The summed E-state index contributed by atoms with van der Waals surface area (Å²) in [4.78, 5) is 29.9. The predicted molar refractivity (Wildman–Crippen MR) is 178 cm³/mol. The zero-order valence-corrected chi connectivity index (χ0v) is 27.2. The lowest BCUT2D eigenvalue weighted by molar-refractivity contribution is -0.140. The van der Waals surface area contributed by atoms with Crippen LogP contribution >= 0.6 is 11.6 Å². The number of rotatable bonds is 14. The van der Waals surface area contributed by atoms with Crippen LogP contribution in [0, 0.1) is 0 Å². The van der Waals surface area contributed by atoms with E-state index >= 15 is 0 Å². The van der Waals surface area contributed by atoms with Gasteiger partial charge in [0.2, 0.25) is 11.8 Å². The zero-order chi connectivity index (χ0) is 32.4. The van der Waals surface area contributed by atoms with Crippen molar-refractivity contribution in [3.05, 3.63) is 125 Å². The van der Waals surface area contributed by atoms with Crippen LogP contribution < -0.4 is 14.4 Å². The third kappa shape index (κ3) is 8.65. The number of methoxy groups -OCH3 is 1. The highest BCUT2D eigenvalue weighted by Gasteiger charge is 2.35. The largest absolute Gasteiger partial charge is 0.497 e. The number of nitrogens with one attached hydrogen (secondary N) is 1. The molecule has 0 aliphatic rings. The second kappa shape index (κ2) is 15.6. The lowest BCUT2D eigenvalue weighted by atomic mass is 10.0. The van der Waals surface area contributed by atoms with Crippen molar-refractivity contribution in [1.82, 2.24) is 10.2 Å². The van der Waals surface area contributed by atoms with E-state index in [2.05, 4.69) is 5.32 Å². The molecule has 0 saturated heterocycles. The summed E-state index contributed by atoms with van der Waals surface area (Å²) in [6.07, 6.45) is 0.908. The van der Waals surface area contributed by atoms with Gasteiger partial charge in [-0.25, -0.2) is 8.42 Å². The van der Waals surface area contributed by atoms with Crippen molar-refractivity contribution in [1.29, 1.82) is 0 Å². The number of carbonyl (C=O) groups excluding carboxylic acids is 2. The van der Waals surface area contributed by atoms with Crippen molar-refractivity contribution < 1.29 is 22.7 Å². The Morgan fingerprint density at radius 1 is 0.889 bits per heavy atom. The SMILES string of the molecule is CCC(C)NC(=O)C(Cc1ccccc1)N(Cc1ccccc1Cl)C(=O)CN(c1cccc(OC)c1)S(=O)(=O)c1ccccc1. The van der Waals surface area contributed by atoms with E-state index in [0.717, 1.165) is 9.87 Å². The maximum atomic E-state index is 14.5. The Labute approximate surface area is 270 Å². The van der Waals surface area contributed by atoms with E-state index in [1.807, 2.05) is 44.2 Å². The monoisotopic (exact) mass is 647 g/mol. The van der Waals surface area contributed by atoms with Gasteiger partial charge in [-0.2, -0.15) is 0 Å². The van der Waals surface area contributed by atoms with Crippen molar-refractivity contribution in [2.45, 2.75) is 50.2 Å². The number of halogens is 1. The summed E-state index contributed by atoms with van der Waals surface area (Å²) in [5.41, 5.74) is 1.72. The molecule has 0 aliphatic carbocycles. The lowest BCUT2D eigenvalue weighted by Gasteiger charge is -2.34. The Kier molecular flexibility index (Phi) is 11.6. The van der Waals surface area contributed by atoms with E-state index in [1.54, 1.807) is 66.7 Å². The minimum Gasteiger partial charge on any atom is -0.497 e. The van der Waals surface area contributed by atoms with Crippen LogP contribution in [-0.4, -0.2) is 50.9 Å². The number of hydrogen-bond acceptors (Lipinski definition) is 5. The molecule has 2 atom stereocenters. The van der Waals surface area contributed by atoms with Crippen LogP contribution in [0.4, 0.5) is 5.69 Å². The molecule has 0 fully saturated rings. The topological polar surface area (TPSA) is 96.0 Å². The van der Waals surface area contributed by atoms with Crippen LogP contribution in [0.25, 0.3) is 0 Å². The second-order valence-corrected chi connectivity index (χ2v) is 12.9. The summed E-state index contributed by atoms with van der Waals surface area (Å²) < 4.78 is 34.6. The summed E-state index contributed by atoms with van der Waals surface area (Å²) in [5, 5.41) is 3.46. The average molecular weight is 648 g/mol. The van der Waals surface area contributed by atoms with Crippen LogP contribution in [0.1, 0.15) is 31.4 Å². The van der Waals surface area contributed by atoms with Crippen LogP contribution in [0.3, 0.4) is 0 Å². The standard InChI is InChI=1S/C35H38ClN3O5S/c1-4-26(2)37-35(41)33(22-27-14-7-5-8-15-27)38(24-28-16-11-12-21-32(28)36)34(40)25-39(29-17-13-18-30(23-29)44-3)45(42,43)31-19-9-6-10-20-31/h5-21,23,26,33H,4,22,24-25H2,1-3H3,(H,37,41). The second-order valence-electron chi connectivity index (χ2n) is 10.7. The van der Waals surface area contributed by atoms with Crippen molar-refractivity contribution in [3.8, 4) is 5.75 Å². The molecule has 0 aliphatic heterocycles. The van der Waals surface area contributed by atoms with E-state index in [1.165, 1.54) is 24.1 Å². The Hall–Kier alpha value is -4.34. The minimum atomic E-state index is -4.21. The number of ether oxygens (including phenoxy) is 1. The molecule has 8 nitrogen and oxygen atoms in total. The first-order chi connectivity index (χ1) is 21.6. The van der Waals surface area contributed by atoms with E-state index in [0.29, 0.717) is 22.8 Å². The number of hydrogen-bond donors (Lipinski definition) is 1. The third-order valence-corrected chi connectivity index (χ3v) is 9.68. The number of sulfonamides is 1. The first kappa shape index (κ1) is 33.6. The molecule has 4 aromatic carbocycles. The minimum absolute atomic E-state index is 0.0126. The maximum Gasteiger partial charge on any atom is 0.264 e. The summed E-state index contributed by atoms with van der Waals surface area (Å²) >= 11 is 6.55. The first-order valence-corrected chi connectivity index (χ1v) is 16.5. The fourth-order valence-corrected chi connectivity index (χ4v) is 6.44. The molecular weight excluding hydrogens is 610 g/mol. The van der Waals surface area contributed by atoms with Crippen LogP contribution in [0.5, 0.6) is 5.75 Å². The molecule has 1 N–H and O–H groups in total. The Morgan fingerprint density at radius 3 is 2.18 bits per heavy atom. The highest BCUT2D eigenvalue weighted by molar-refractivity contribution is 7.92. The zero-order valence-electron chi connectivity index (χ0n) is 25.6. The molecule has 0 spiro atoms. The Morgan fingerprint density at radius 2 is 1.53 bits per heavy atom. The molecule has 0 saturated carbocycles. The van der Waals surface area contributed by atoms with Crippen molar-refractivity contribution in [3.63, 3.8) is 0 Å². The maximum absolute atomic E-state index is 14.5. The quantitative estimate of drug-likeness (QED) is 0.179. The summed E-state index contributed by atoms with van der Waals surface area (Å²) in [5.74, 6) is -0.485. The van der Waals surface area contributed by atoms with E-state index < -0.39 is 28.5 Å².